The molecule has 1 aliphatic heterocycles. The second-order valence-corrected chi connectivity index (χ2v) is 9.70. The molecule has 170 valence electrons. The molecule has 0 unspecified atom stereocenters. The van der Waals surface area contributed by atoms with E-state index in [1.54, 1.807) is 36.9 Å². The molecule has 0 bridgehead atoms. The maximum atomic E-state index is 12.9. The Balaban J connectivity index is 1.31. The molecule has 11 heteroatoms. The van der Waals surface area contributed by atoms with Crippen LogP contribution in [-0.2, 0) is 21.2 Å². The Hall–Kier alpha value is -3.05. The number of para-hydroxylation sites is 1. The average Bonchev–Trinajstić information content (AvgIpc) is 3.12. The summed E-state index contributed by atoms with van der Waals surface area (Å²) in [4.78, 5) is 33.8. The summed E-state index contributed by atoms with van der Waals surface area (Å²) in [5, 5.41) is 4.27. The zero-order valence-electron chi connectivity index (χ0n) is 18.0. The zero-order valence-corrected chi connectivity index (χ0v) is 18.8. The molecule has 3 heterocycles. The molecule has 3 aromatic rings. The minimum absolute atomic E-state index is 0.0393. The number of nitrogens with zero attached hydrogens (tertiary/aromatic N) is 4. The highest BCUT2D eigenvalue weighted by Crippen LogP contribution is 2.24. The number of carbonyl (C=O) groups is 1. The van der Waals surface area contributed by atoms with Crippen molar-refractivity contribution in [3.8, 4) is 0 Å². The highest BCUT2D eigenvalue weighted by Gasteiger charge is 2.34. The van der Waals surface area contributed by atoms with E-state index in [4.69, 9.17) is 4.52 Å². The quantitative estimate of drug-likeness (QED) is 0.589. The summed E-state index contributed by atoms with van der Waals surface area (Å²) in [7, 11) is -3.71. The van der Waals surface area contributed by atoms with E-state index in [-0.39, 0.29) is 35.2 Å². The SMILES string of the molecule is Cc1noc(C)c1S(=O)(=O)N1CCN(C(=O)CCCc2nc3ccccc3c(=O)[nH]2)CC1. The summed E-state index contributed by atoms with van der Waals surface area (Å²) in [6.45, 7) is 4.26. The third-order valence-corrected chi connectivity index (χ3v) is 7.77. The Kier molecular flexibility index (Phi) is 6.11. The molecule has 0 spiro atoms. The van der Waals surface area contributed by atoms with Crippen molar-refractivity contribution >= 4 is 26.8 Å². The number of amides is 1. The van der Waals surface area contributed by atoms with Gasteiger partial charge in [0.2, 0.25) is 15.9 Å². The van der Waals surface area contributed by atoms with Crippen LogP contribution >= 0.6 is 0 Å². The number of hydrogen-bond donors (Lipinski definition) is 1. The maximum Gasteiger partial charge on any atom is 0.258 e. The van der Waals surface area contributed by atoms with Gasteiger partial charge in [0.25, 0.3) is 5.56 Å². The fourth-order valence-electron chi connectivity index (χ4n) is 3.97. The number of aryl methyl sites for hydroxylation is 3. The predicted molar refractivity (Wildman–Crippen MR) is 117 cm³/mol. The first-order chi connectivity index (χ1) is 15.3. The van der Waals surface area contributed by atoms with E-state index in [1.807, 2.05) is 6.07 Å². The number of sulfonamides is 1. The van der Waals surface area contributed by atoms with E-state index < -0.39 is 10.0 Å². The van der Waals surface area contributed by atoms with Gasteiger partial charge in [-0.05, 0) is 32.4 Å². The highest BCUT2D eigenvalue weighted by molar-refractivity contribution is 7.89. The van der Waals surface area contributed by atoms with Crippen LogP contribution in [0.15, 0.2) is 38.5 Å². The first kappa shape index (κ1) is 22.2. The van der Waals surface area contributed by atoms with Crippen molar-refractivity contribution in [2.24, 2.45) is 0 Å². The molecular formula is C21H25N5O5S. The molecule has 1 saturated heterocycles. The van der Waals surface area contributed by atoms with Crippen LogP contribution in [0.3, 0.4) is 0 Å². The van der Waals surface area contributed by atoms with Gasteiger partial charge in [-0.25, -0.2) is 13.4 Å². The molecule has 1 fully saturated rings. The van der Waals surface area contributed by atoms with Crippen LogP contribution in [0, 0.1) is 13.8 Å². The molecule has 0 aliphatic carbocycles. The Morgan fingerprint density at radius 3 is 2.56 bits per heavy atom. The van der Waals surface area contributed by atoms with Gasteiger partial charge in [-0.15, -0.1) is 0 Å². The summed E-state index contributed by atoms with van der Waals surface area (Å²) in [6, 6.07) is 7.12. The van der Waals surface area contributed by atoms with E-state index >= 15 is 0 Å². The van der Waals surface area contributed by atoms with Crippen LogP contribution in [0.5, 0.6) is 0 Å². The van der Waals surface area contributed by atoms with Gasteiger partial charge < -0.3 is 14.4 Å². The second kappa shape index (κ2) is 8.83. The number of benzene rings is 1. The summed E-state index contributed by atoms with van der Waals surface area (Å²) < 4.78 is 32.2. The summed E-state index contributed by atoms with van der Waals surface area (Å²) in [6.07, 6.45) is 1.32. The summed E-state index contributed by atoms with van der Waals surface area (Å²) >= 11 is 0. The van der Waals surface area contributed by atoms with E-state index in [0.29, 0.717) is 54.8 Å². The monoisotopic (exact) mass is 459 g/mol. The smallest absolute Gasteiger partial charge is 0.258 e. The molecule has 1 amide bonds. The molecule has 0 atom stereocenters. The van der Waals surface area contributed by atoms with Gasteiger partial charge in [0.1, 0.15) is 16.4 Å². The first-order valence-corrected chi connectivity index (χ1v) is 11.9. The fraction of sp³-hybridized carbons (Fsp3) is 0.429. The summed E-state index contributed by atoms with van der Waals surface area (Å²) in [5.41, 5.74) is 0.780. The number of aromatic amines is 1. The Morgan fingerprint density at radius 1 is 1.16 bits per heavy atom. The van der Waals surface area contributed by atoms with Gasteiger partial charge in [-0.3, -0.25) is 9.59 Å². The van der Waals surface area contributed by atoms with Crippen LogP contribution in [0.4, 0.5) is 0 Å². The van der Waals surface area contributed by atoms with Crippen LogP contribution in [0.1, 0.15) is 30.1 Å². The number of carbonyl (C=O) groups excluding carboxylic acids is 1. The van der Waals surface area contributed by atoms with Crippen molar-refractivity contribution in [3.63, 3.8) is 0 Å². The van der Waals surface area contributed by atoms with Crippen molar-refractivity contribution < 1.29 is 17.7 Å². The number of piperazine rings is 1. The van der Waals surface area contributed by atoms with Gasteiger partial charge in [-0.2, -0.15) is 4.31 Å². The van der Waals surface area contributed by atoms with Crippen molar-refractivity contribution in [3.05, 3.63) is 51.9 Å². The lowest BCUT2D eigenvalue weighted by atomic mass is 10.2. The topological polar surface area (TPSA) is 129 Å². The lowest BCUT2D eigenvalue weighted by Gasteiger charge is -2.34. The van der Waals surface area contributed by atoms with Gasteiger partial charge in [0.15, 0.2) is 5.76 Å². The number of H-pyrrole nitrogens is 1. The van der Waals surface area contributed by atoms with E-state index in [1.165, 1.54) is 4.31 Å². The first-order valence-electron chi connectivity index (χ1n) is 10.5. The van der Waals surface area contributed by atoms with E-state index in [2.05, 4.69) is 15.1 Å². The molecule has 2 aromatic heterocycles. The summed E-state index contributed by atoms with van der Waals surface area (Å²) in [5.74, 6) is 0.778. The highest BCUT2D eigenvalue weighted by atomic mass is 32.2. The van der Waals surface area contributed by atoms with E-state index in [0.717, 1.165) is 0 Å². The molecular weight excluding hydrogens is 434 g/mol. The van der Waals surface area contributed by atoms with Gasteiger partial charge in [-0.1, -0.05) is 17.3 Å². The lowest BCUT2D eigenvalue weighted by Crippen LogP contribution is -2.50. The Labute approximate surface area is 185 Å². The van der Waals surface area contributed by atoms with Crippen molar-refractivity contribution in [2.75, 3.05) is 26.2 Å². The molecule has 0 saturated carbocycles. The molecule has 1 N–H and O–H groups in total. The van der Waals surface area contributed by atoms with E-state index in [9.17, 15) is 18.0 Å². The molecule has 1 aromatic carbocycles. The lowest BCUT2D eigenvalue weighted by molar-refractivity contribution is -0.132. The fourth-order valence-corrected chi connectivity index (χ4v) is 5.68. The molecule has 0 radical (unpaired) electrons. The minimum Gasteiger partial charge on any atom is -0.360 e. The zero-order chi connectivity index (χ0) is 22.9. The molecule has 4 rings (SSSR count). The Morgan fingerprint density at radius 2 is 1.88 bits per heavy atom. The molecule has 10 nitrogen and oxygen atoms in total. The van der Waals surface area contributed by atoms with Gasteiger partial charge in [0, 0.05) is 39.0 Å². The van der Waals surface area contributed by atoms with Crippen LogP contribution < -0.4 is 5.56 Å². The normalized spacial score (nSPS) is 15.4. The van der Waals surface area contributed by atoms with Crippen LogP contribution in [-0.4, -0.2) is 64.8 Å². The largest absolute Gasteiger partial charge is 0.360 e. The molecule has 32 heavy (non-hydrogen) atoms. The average molecular weight is 460 g/mol. The number of fused-ring (bicyclic) bond motifs is 1. The van der Waals surface area contributed by atoms with Crippen molar-refractivity contribution in [1.29, 1.82) is 0 Å². The molecule has 1 aliphatic rings. The van der Waals surface area contributed by atoms with Crippen molar-refractivity contribution in [1.82, 2.24) is 24.3 Å². The third-order valence-electron chi connectivity index (χ3n) is 5.62. The predicted octanol–water partition coefficient (Wildman–Crippen LogP) is 1.38. The second-order valence-electron chi connectivity index (χ2n) is 7.82. The van der Waals surface area contributed by atoms with Gasteiger partial charge >= 0.3 is 0 Å². The van der Waals surface area contributed by atoms with Crippen LogP contribution in [0.25, 0.3) is 10.9 Å². The minimum atomic E-state index is -3.71. The maximum absolute atomic E-state index is 12.9. The van der Waals surface area contributed by atoms with Gasteiger partial charge in [0.05, 0.1) is 10.9 Å². The Bertz CT molecular complexity index is 1290. The number of rotatable bonds is 6. The number of nitrogens with one attached hydrogen (secondary N) is 1. The van der Waals surface area contributed by atoms with Crippen LogP contribution in [0.2, 0.25) is 0 Å². The van der Waals surface area contributed by atoms with Crippen molar-refractivity contribution in [2.45, 2.75) is 38.0 Å². The number of aromatic nitrogens is 3. The third kappa shape index (κ3) is 4.30. The standard InChI is InChI=1S/C21H25N5O5S/c1-14-20(15(2)31-24-14)32(29,30)26-12-10-25(11-13-26)19(27)9-5-8-18-22-17-7-4-3-6-16(17)21(28)23-18/h3-4,6-7H,5,8-13H2,1-2H3,(H,22,23,28). The number of hydrogen-bond acceptors (Lipinski definition) is 7.